The van der Waals surface area contributed by atoms with Crippen LogP contribution < -0.4 is 0 Å². The molecule has 0 aliphatic rings. The van der Waals surface area contributed by atoms with E-state index in [1.165, 1.54) is 11.8 Å². The molecule has 0 bridgehead atoms. The number of aliphatic hydroxyl groups excluding tert-OH is 1. The molecule has 0 saturated carbocycles. The molecule has 122 valence electrons. The zero-order chi connectivity index (χ0) is 16.7. The Balaban J connectivity index is 2.05. The lowest BCUT2D eigenvalue weighted by Crippen LogP contribution is -2.32. The van der Waals surface area contributed by atoms with Crippen molar-refractivity contribution in [1.82, 2.24) is 0 Å². The minimum atomic E-state index is -0.630. The Labute approximate surface area is 146 Å². The SMILES string of the molecule is CC(C)C(O)C(CSc1ccccc1)C(=O)Sc1ccccc1. The van der Waals surface area contributed by atoms with E-state index in [4.69, 9.17) is 0 Å². The molecular formula is C19H22O2S2. The zero-order valence-corrected chi connectivity index (χ0v) is 15.0. The molecule has 0 spiro atoms. The van der Waals surface area contributed by atoms with Crippen molar-refractivity contribution in [2.24, 2.45) is 11.8 Å². The normalized spacial score (nSPS) is 13.7. The van der Waals surface area contributed by atoms with Crippen LogP contribution in [0.1, 0.15) is 13.8 Å². The molecule has 0 radical (unpaired) electrons. The summed E-state index contributed by atoms with van der Waals surface area (Å²) in [5, 5.41) is 10.5. The Morgan fingerprint density at radius 2 is 1.48 bits per heavy atom. The summed E-state index contributed by atoms with van der Waals surface area (Å²) in [4.78, 5) is 14.7. The van der Waals surface area contributed by atoms with Crippen LogP contribution in [0.5, 0.6) is 0 Å². The number of carbonyl (C=O) groups excluding carboxylic acids is 1. The number of benzene rings is 2. The van der Waals surface area contributed by atoms with Gasteiger partial charge in [0.15, 0.2) is 5.12 Å². The summed E-state index contributed by atoms with van der Waals surface area (Å²) >= 11 is 2.84. The highest BCUT2D eigenvalue weighted by Crippen LogP contribution is 2.30. The monoisotopic (exact) mass is 346 g/mol. The van der Waals surface area contributed by atoms with E-state index in [0.717, 1.165) is 9.79 Å². The van der Waals surface area contributed by atoms with Crippen LogP contribution in [0, 0.1) is 11.8 Å². The molecule has 23 heavy (non-hydrogen) atoms. The van der Waals surface area contributed by atoms with Crippen LogP contribution in [-0.2, 0) is 4.79 Å². The van der Waals surface area contributed by atoms with Gasteiger partial charge in [0.1, 0.15) is 0 Å². The van der Waals surface area contributed by atoms with E-state index in [1.54, 1.807) is 11.8 Å². The van der Waals surface area contributed by atoms with Crippen molar-refractivity contribution in [3.63, 3.8) is 0 Å². The highest BCUT2D eigenvalue weighted by molar-refractivity contribution is 8.13. The van der Waals surface area contributed by atoms with Gasteiger partial charge in [0, 0.05) is 15.5 Å². The number of hydrogen-bond acceptors (Lipinski definition) is 4. The summed E-state index contributed by atoms with van der Waals surface area (Å²) in [7, 11) is 0. The average molecular weight is 347 g/mol. The quantitative estimate of drug-likeness (QED) is 0.735. The van der Waals surface area contributed by atoms with E-state index >= 15 is 0 Å². The van der Waals surface area contributed by atoms with E-state index in [2.05, 4.69) is 0 Å². The maximum absolute atomic E-state index is 12.7. The highest BCUT2D eigenvalue weighted by atomic mass is 32.2. The average Bonchev–Trinajstić information content (AvgIpc) is 2.56. The minimum absolute atomic E-state index is 0.0285. The van der Waals surface area contributed by atoms with E-state index in [1.807, 2.05) is 74.5 Å². The second kappa shape index (κ2) is 9.16. The lowest BCUT2D eigenvalue weighted by atomic mass is 9.96. The summed E-state index contributed by atoms with van der Waals surface area (Å²) in [6, 6.07) is 19.6. The van der Waals surface area contributed by atoms with Crippen molar-refractivity contribution >= 4 is 28.6 Å². The van der Waals surface area contributed by atoms with Gasteiger partial charge in [-0.25, -0.2) is 0 Å². The van der Waals surface area contributed by atoms with Gasteiger partial charge in [-0.05, 0) is 30.2 Å². The predicted octanol–water partition coefficient (Wildman–Crippen LogP) is 4.73. The highest BCUT2D eigenvalue weighted by Gasteiger charge is 2.29. The summed E-state index contributed by atoms with van der Waals surface area (Å²) in [6.45, 7) is 3.90. The Morgan fingerprint density at radius 3 is 2.00 bits per heavy atom. The molecular weight excluding hydrogens is 324 g/mol. The Kier molecular flexibility index (Phi) is 7.21. The molecule has 0 fully saturated rings. The van der Waals surface area contributed by atoms with Crippen LogP contribution in [0.4, 0.5) is 0 Å². The smallest absolute Gasteiger partial charge is 0.200 e. The Hall–Kier alpha value is -1.23. The zero-order valence-electron chi connectivity index (χ0n) is 13.4. The molecule has 2 rings (SSSR count). The number of aliphatic hydroxyl groups is 1. The fourth-order valence-electron chi connectivity index (χ4n) is 2.15. The van der Waals surface area contributed by atoms with Crippen LogP contribution in [-0.4, -0.2) is 22.1 Å². The first kappa shape index (κ1) is 18.1. The molecule has 0 aromatic heterocycles. The largest absolute Gasteiger partial charge is 0.392 e. The topological polar surface area (TPSA) is 37.3 Å². The van der Waals surface area contributed by atoms with Gasteiger partial charge in [0.05, 0.1) is 12.0 Å². The van der Waals surface area contributed by atoms with Gasteiger partial charge in [0.2, 0.25) is 0 Å². The maximum Gasteiger partial charge on any atom is 0.200 e. The standard InChI is InChI=1S/C19H22O2S2/c1-14(2)18(20)17(13-22-15-9-5-3-6-10-15)19(21)23-16-11-7-4-8-12-16/h3-12,14,17-18,20H,13H2,1-2H3. The number of hydrogen-bond donors (Lipinski definition) is 1. The van der Waals surface area contributed by atoms with Crippen molar-refractivity contribution in [1.29, 1.82) is 0 Å². The summed E-state index contributed by atoms with van der Waals surface area (Å²) in [5.41, 5.74) is 0. The van der Waals surface area contributed by atoms with Gasteiger partial charge in [-0.3, -0.25) is 4.79 Å². The summed E-state index contributed by atoms with van der Waals surface area (Å²) in [6.07, 6.45) is -0.630. The maximum atomic E-state index is 12.7. The van der Waals surface area contributed by atoms with E-state index in [0.29, 0.717) is 5.75 Å². The molecule has 0 heterocycles. The van der Waals surface area contributed by atoms with Gasteiger partial charge in [0.25, 0.3) is 0 Å². The van der Waals surface area contributed by atoms with Crippen LogP contribution >= 0.6 is 23.5 Å². The minimum Gasteiger partial charge on any atom is -0.392 e. The third kappa shape index (κ3) is 5.72. The van der Waals surface area contributed by atoms with Crippen molar-refractivity contribution in [3.8, 4) is 0 Å². The van der Waals surface area contributed by atoms with E-state index in [-0.39, 0.29) is 17.0 Å². The van der Waals surface area contributed by atoms with Crippen molar-refractivity contribution in [2.45, 2.75) is 29.7 Å². The summed E-state index contributed by atoms with van der Waals surface area (Å²) < 4.78 is 0. The molecule has 2 atom stereocenters. The molecule has 0 amide bonds. The van der Waals surface area contributed by atoms with Gasteiger partial charge in [-0.15, -0.1) is 11.8 Å². The molecule has 0 aliphatic heterocycles. The molecule has 1 N–H and O–H groups in total. The van der Waals surface area contributed by atoms with Crippen LogP contribution in [0.25, 0.3) is 0 Å². The fourth-order valence-corrected chi connectivity index (χ4v) is 4.23. The second-order valence-electron chi connectivity index (χ2n) is 5.70. The number of carbonyl (C=O) groups is 1. The molecule has 4 heteroatoms. The first-order chi connectivity index (χ1) is 11.1. The van der Waals surface area contributed by atoms with E-state index < -0.39 is 6.10 Å². The molecule has 2 aromatic rings. The molecule has 0 aliphatic carbocycles. The van der Waals surface area contributed by atoms with Crippen molar-refractivity contribution < 1.29 is 9.90 Å². The van der Waals surface area contributed by atoms with Gasteiger partial charge in [-0.1, -0.05) is 62.0 Å². The van der Waals surface area contributed by atoms with Gasteiger partial charge < -0.3 is 5.11 Å². The Morgan fingerprint density at radius 1 is 0.957 bits per heavy atom. The molecule has 2 unspecified atom stereocenters. The molecule has 2 nitrogen and oxygen atoms in total. The first-order valence-corrected chi connectivity index (χ1v) is 9.51. The van der Waals surface area contributed by atoms with Gasteiger partial charge in [-0.2, -0.15) is 0 Å². The van der Waals surface area contributed by atoms with Crippen LogP contribution in [0.2, 0.25) is 0 Å². The third-order valence-electron chi connectivity index (χ3n) is 3.53. The number of thioether (sulfide) groups is 2. The third-order valence-corrected chi connectivity index (χ3v) is 5.68. The van der Waals surface area contributed by atoms with E-state index in [9.17, 15) is 9.90 Å². The van der Waals surface area contributed by atoms with Crippen LogP contribution in [0.3, 0.4) is 0 Å². The number of rotatable bonds is 7. The lowest BCUT2D eigenvalue weighted by Gasteiger charge is -2.24. The fraction of sp³-hybridized carbons (Fsp3) is 0.316. The van der Waals surface area contributed by atoms with Crippen molar-refractivity contribution in [2.75, 3.05) is 5.75 Å². The predicted molar refractivity (Wildman–Crippen MR) is 98.8 cm³/mol. The molecule has 0 saturated heterocycles. The molecule has 2 aromatic carbocycles. The van der Waals surface area contributed by atoms with Gasteiger partial charge >= 0.3 is 0 Å². The first-order valence-electron chi connectivity index (χ1n) is 7.70. The van der Waals surface area contributed by atoms with Crippen molar-refractivity contribution in [3.05, 3.63) is 60.7 Å². The summed E-state index contributed by atoms with van der Waals surface area (Å²) in [5.74, 6) is 0.254. The Bertz CT molecular complexity index is 599. The second-order valence-corrected chi connectivity index (χ2v) is 7.87. The van der Waals surface area contributed by atoms with Crippen LogP contribution in [0.15, 0.2) is 70.5 Å². The lowest BCUT2D eigenvalue weighted by molar-refractivity contribution is -0.117.